The number of hydrogen-bond donors (Lipinski definition) is 2. The Hall–Kier alpha value is -2.79. The number of alkyl halides is 3. The largest absolute Gasteiger partial charge is 0.437 e. The zero-order valence-corrected chi connectivity index (χ0v) is 11.8. The summed E-state index contributed by atoms with van der Waals surface area (Å²) in [5.74, 6) is -0.210. The summed E-state index contributed by atoms with van der Waals surface area (Å²) < 4.78 is 39.4. The number of nitrogens with one attached hydrogen (secondary N) is 2. The minimum atomic E-state index is -4.53. The molecule has 1 aliphatic heterocycles. The van der Waals surface area contributed by atoms with E-state index in [1.165, 1.54) is 10.6 Å². The van der Waals surface area contributed by atoms with Gasteiger partial charge in [-0.15, -0.1) is 20.4 Å². The molecule has 122 valence electrons. The van der Waals surface area contributed by atoms with Gasteiger partial charge in [0.25, 0.3) is 11.6 Å². The summed E-state index contributed by atoms with van der Waals surface area (Å²) >= 11 is 0. The number of hydrogen-bond acceptors (Lipinski definition) is 6. The SMILES string of the molecule is Cn1c(C(=O)NCCC2(C(F)(F)F)N=N2)ccc1-c1nn[nH]n1. The van der Waals surface area contributed by atoms with Crippen LogP contribution in [0.2, 0.25) is 0 Å². The molecule has 2 aromatic rings. The van der Waals surface area contributed by atoms with E-state index >= 15 is 0 Å². The van der Waals surface area contributed by atoms with Crippen LogP contribution in [0.1, 0.15) is 16.9 Å². The van der Waals surface area contributed by atoms with Crippen molar-refractivity contribution in [3.05, 3.63) is 17.8 Å². The molecule has 2 aromatic heterocycles. The van der Waals surface area contributed by atoms with Crippen molar-refractivity contribution in [3.63, 3.8) is 0 Å². The van der Waals surface area contributed by atoms with Crippen molar-refractivity contribution in [3.8, 4) is 11.5 Å². The maximum atomic E-state index is 12.6. The molecule has 0 fully saturated rings. The molecule has 2 N–H and O–H groups in total. The van der Waals surface area contributed by atoms with E-state index in [0.717, 1.165) is 0 Å². The fourth-order valence-corrected chi connectivity index (χ4v) is 2.09. The van der Waals surface area contributed by atoms with Crippen LogP contribution in [0.4, 0.5) is 13.2 Å². The van der Waals surface area contributed by atoms with Gasteiger partial charge in [-0.1, -0.05) is 0 Å². The maximum absolute atomic E-state index is 12.6. The first-order valence-electron chi connectivity index (χ1n) is 6.52. The van der Waals surface area contributed by atoms with Crippen molar-refractivity contribution < 1.29 is 18.0 Å². The smallest absolute Gasteiger partial charge is 0.351 e. The highest BCUT2D eigenvalue weighted by atomic mass is 19.4. The summed E-state index contributed by atoms with van der Waals surface area (Å²) in [6, 6.07) is 3.13. The average Bonchev–Trinajstić information content (AvgIpc) is 2.93. The Bertz CT molecular complexity index is 742. The summed E-state index contributed by atoms with van der Waals surface area (Å²) in [5, 5.41) is 21.8. The van der Waals surface area contributed by atoms with Gasteiger partial charge in [-0.2, -0.15) is 18.4 Å². The van der Waals surface area contributed by atoms with Gasteiger partial charge >= 0.3 is 6.18 Å². The highest BCUT2D eigenvalue weighted by Gasteiger charge is 2.63. The molecule has 0 aromatic carbocycles. The molecule has 0 aliphatic carbocycles. The van der Waals surface area contributed by atoms with E-state index in [9.17, 15) is 18.0 Å². The number of aromatic nitrogens is 5. The number of rotatable bonds is 5. The van der Waals surface area contributed by atoms with Crippen LogP contribution in [0, 0.1) is 0 Å². The van der Waals surface area contributed by atoms with Gasteiger partial charge in [0.05, 0.1) is 5.69 Å². The standard InChI is InChI=1S/C11H11F3N8O/c1-22-6(8-16-20-21-17-8)2-3-7(22)9(23)15-5-4-10(18-19-10)11(12,13)14/h2-3H,4-5H2,1H3,(H,15,23)(H,16,17,20,21). The summed E-state index contributed by atoms with van der Waals surface area (Å²) in [5.41, 5.74) is -1.55. The number of aromatic amines is 1. The van der Waals surface area contributed by atoms with Crippen molar-refractivity contribution in [2.45, 2.75) is 18.3 Å². The topological polar surface area (TPSA) is 113 Å². The Morgan fingerprint density at radius 1 is 1.39 bits per heavy atom. The highest BCUT2D eigenvalue weighted by Crippen LogP contribution is 2.46. The van der Waals surface area contributed by atoms with Gasteiger partial charge in [0, 0.05) is 20.0 Å². The molecule has 1 amide bonds. The zero-order valence-electron chi connectivity index (χ0n) is 11.8. The normalized spacial score (nSPS) is 15.7. The molecule has 3 heterocycles. The van der Waals surface area contributed by atoms with E-state index in [0.29, 0.717) is 11.5 Å². The predicted octanol–water partition coefficient (Wildman–Crippen LogP) is 1.05. The number of nitrogens with zero attached hydrogens (tertiary/aromatic N) is 6. The second-order valence-corrected chi connectivity index (χ2v) is 4.92. The van der Waals surface area contributed by atoms with Crippen molar-refractivity contribution in [2.24, 2.45) is 17.3 Å². The van der Waals surface area contributed by atoms with Crippen LogP contribution < -0.4 is 5.32 Å². The lowest BCUT2D eigenvalue weighted by molar-refractivity contribution is -0.164. The molecule has 0 saturated heterocycles. The molecule has 0 spiro atoms. The van der Waals surface area contributed by atoms with Crippen LogP contribution in [0.5, 0.6) is 0 Å². The van der Waals surface area contributed by atoms with E-state index in [-0.39, 0.29) is 12.2 Å². The molecule has 9 nitrogen and oxygen atoms in total. The summed E-state index contributed by atoms with van der Waals surface area (Å²) in [6.45, 7) is -0.200. The number of carbonyl (C=O) groups is 1. The predicted molar refractivity (Wildman–Crippen MR) is 69.2 cm³/mol. The third kappa shape index (κ3) is 2.66. The van der Waals surface area contributed by atoms with Crippen LogP contribution in [-0.2, 0) is 7.05 Å². The van der Waals surface area contributed by atoms with E-state index in [1.807, 2.05) is 0 Å². The molecule has 0 atom stereocenters. The van der Waals surface area contributed by atoms with Gasteiger partial charge < -0.3 is 9.88 Å². The Kier molecular flexibility index (Phi) is 3.38. The van der Waals surface area contributed by atoms with Gasteiger partial charge in [0.15, 0.2) is 0 Å². The molecule has 0 radical (unpaired) electrons. The second kappa shape index (κ2) is 5.14. The van der Waals surface area contributed by atoms with Crippen molar-refractivity contribution in [1.82, 2.24) is 30.5 Å². The minimum absolute atomic E-state index is 0.200. The van der Waals surface area contributed by atoms with Crippen molar-refractivity contribution in [2.75, 3.05) is 6.54 Å². The lowest BCUT2D eigenvalue weighted by Gasteiger charge is -2.14. The van der Waals surface area contributed by atoms with Crippen LogP contribution in [0.3, 0.4) is 0 Å². The zero-order chi connectivity index (χ0) is 16.7. The first-order chi connectivity index (χ1) is 10.8. The first-order valence-corrected chi connectivity index (χ1v) is 6.52. The van der Waals surface area contributed by atoms with Gasteiger partial charge in [0.2, 0.25) is 5.82 Å². The van der Waals surface area contributed by atoms with Gasteiger partial charge in [-0.05, 0) is 17.3 Å². The number of halogens is 3. The summed E-state index contributed by atoms with van der Waals surface area (Å²) in [7, 11) is 1.61. The fourth-order valence-electron chi connectivity index (χ4n) is 2.09. The Morgan fingerprint density at radius 3 is 2.70 bits per heavy atom. The Labute approximate surface area is 127 Å². The summed E-state index contributed by atoms with van der Waals surface area (Å²) in [4.78, 5) is 12.1. The van der Waals surface area contributed by atoms with E-state index in [4.69, 9.17) is 0 Å². The fraction of sp³-hybridized carbons (Fsp3) is 0.455. The van der Waals surface area contributed by atoms with Crippen LogP contribution in [0.25, 0.3) is 11.5 Å². The van der Waals surface area contributed by atoms with E-state index in [2.05, 4.69) is 36.2 Å². The number of H-pyrrole nitrogens is 1. The van der Waals surface area contributed by atoms with Crippen molar-refractivity contribution in [1.29, 1.82) is 0 Å². The molecule has 23 heavy (non-hydrogen) atoms. The minimum Gasteiger partial charge on any atom is -0.351 e. The molecule has 3 rings (SSSR count). The van der Waals surface area contributed by atoms with Crippen LogP contribution >= 0.6 is 0 Å². The number of amides is 1. The van der Waals surface area contributed by atoms with Gasteiger partial charge in [-0.25, -0.2) is 0 Å². The lowest BCUT2D eigenvalue weighted by Crippen LogP contribution is -2.37. The monoisotopic (exact) mass is 328 g/mol. The first kappa shape index (κ1) is 15.1. The van der Waals surface area contributed by atoms with Crippen LogP contribution in [0.15, 0.2) is 22.4 Å². The lowest BCUT2D eigenvalue weighted by atomic mass is 10.1. The molecular formula is C11H11F3N8O. The van der Waals surface area contributed by atoms with Gasteiger partial charge in [0.1, 0.15) is 5.69 Å². The second-order valence-electron chi connectivity index (χ2n) is 4.92. The quantitative estimate of drug-likeness (QED) is 0.854. The van der Waals surface area contributed by atoms with E-state index in [1.54, 1.807) is 13.1 Å². The van der Waals surface area contributed by atoms with E-state index < -0.39 is 24.2 Å². The van der Waals surface area contributed by atoms with Crippen molar-refractivity contribution >= 4 is 5.91 Å². The molecule has 0 unspecified atom stereocenters. The maximum Gasteiger partial charge on any atom is 0.437 e. The molecule has 12 heteroatoms. The average molecular weight is 328 g/mol. The molecular weight excluding hydrogens is 317 g/mol. The molecule has 1 aliphatic rings. The highest BCUT2D eigenvalue weighted by molar-refractivity contribution is 5.93. The number of carbonyl (C=O) groups excluding carboxylic acids is 1. The Morgan fingerprint density at radius 2 is 2.13 bits per heavy atom. The summed E-state index contributed by atoms with van der Waals surface area (Å²) in [6.07, 6.45) is -4.96. The third-order valence-corrected chi connectivity index (χ3v) is 3.48. The Balaban J connectivity index is 1.62. The van der Waals surface area contributed by atoms with Gasteiger partial charge in [-0.3, -0.25) is 4.79 Å². The molecule has 0 bridgehead atoms. The molecule has 0 saturated carbocycles. The van der Waals surface area contributed by atoms with Crippen LogP contribution in [-0.4, -0.2) is 49.5 Å². The third-order valence-electron chi connectivity index (χ3n) is 3.48. The number of tetrazole rings is 1.